The lowest BCUT2D eigenvalue weighted by Gasteiger charge is -2.18. The Balaban J connectivity index is 0.000000425. The topological polar surface area (TPSA) is 98.3 Å². The van der Waals surface area contributed by atoms with E-state index in [-0.39, 0.29) is 6.42 Å². The normalized spacial score (nSPS) is 19.1. The molecule has 20 heavy (non-hydrogen) atoms. The molecular weight excluding hydrogens is 262 g/mol. The van der Waals surface area contributed by atoms with E-state index < -0.39 is 15.5 Å². The first kappa shape index (κ1) is 16.3. The average molecular weight is 283 g/mol. The highest BCUT2D eigenvalue weighted by atomic mass is 16.7. The number of unbranched alkanes of at least 4 members (excludes halogenated alkanes) is 1. The smallest absolute Gasteiger partial charge is 0.317 e. The van der Waals surface area contributed by atoms with Gasteiger partial charge in [-0.05, 0) is 32.4 Å². The highest BCUT2D eigenvalue weighted by Gasteiger charge is 2.54. The zero-order chi connectivity index (χ0) is 15.0. The third kappa shape index (κ3) is 4.12. The Morgan fingerprint density at radius 3 is 2.25 bits per heavy atom. The molecule has 0 aromatic heterocycles. The van der Waals surface area contributed by atoms with Crippen molar-refractivity contribution in [2.45, 2.75) is 44.7 Å². The van der Waals surface area contributed by atoms with E-state index in [2.05, 4.69) is 5.32 Å². The van der Waals surface area contributed by atoms with Gasteiger partial charge in [-0.2, -0.15) is 0 Å². The predicted molar refractivity (Wildman–Crippen MR) is 75.6 cm³/mol. The number of hydrogen-bond acceptors (Lipinski definition) is 5. The van der Waals surface area contributed by atoms with Gasteiger partial charge in [0.1, 0.15) is 16.3 Å². The zero-order valence-electron chi connectivity index (χ0n) is 11.7. The molecule has 0 amide bonds. The SMILES string of the molecule is C1CNC1.CCCCC1=CC=CC([N+](=O)[O-])([N+](=O)[O-])C1. The Hall–Kier alpha value is -1.76. The maximum Gasteiger partial charge on any atom is 0.481 e. The van der Waals surface area contributed by atoms with Gasteiger partial charge < -0.3 is 5.32 Å². The molecule has 1 N–H and O–H groups in total. The van der Waals surface area contributed by atoms with E-state index in [1.165, 1.54) is 25.6 Å². The Bertz CT molecular complexity index is 396. The molecule has 1 aliphatic heterocycles. The van der Waals surface area contributed by atoms with E-state index >= 15 is 0 Å². The first-order chi connectivity index (χ1) is 9.53. The van der Waals surface area contributed by atoms with Gasteiger partial charge in [-0.3, -0.25) is 20.2 Å². The standard InChI is InChI=1S/C10H14N2O4.C3H7N/c1-2-3-5-9-6-4-7-10(8-9,11(13)14)12(15)16;1-2-4-3-1/h4,6-7H,2-3,5,8H2,1H3;4H,1-3H2. The Kier molecular flexibility index (Phi) is 6.30. The monoisotopic (exact) mass is 283 g/mol. The van der Waals surface area contributed by atoms with Crippen LogP contribution < -0.4 is 5.32 Å². The van der Waals surface area contributed by atoms with Gasteiger partial charge in [0.2, 0.25) is 0 Å². The molecule has 2 aliphatic rings. The van der Waals surface area contributed by atoms with Gasteiger partial charge in [0.15, 0.2) is 0 Å². The molecule has 0 atom stereocenters. The summed E-state index contributed by atoms with van der Waals surface area (Å²) in [5.41, 5.74) is -1.38. The minimum absolute atomic E-state index is 0.122. The lowest BCUT2D eigenvalue weighted by molar-refractivity contribution is -0.780. The molecular formula is C13H21N3O4. The lowest BCUT2D eigenvalue weighted by Crippen LogP contribution is -2.45. The molecule has 1 aliphatic carbocycles. The Morgan fingerprint density at radius 1 is 1.30 bits per heavy atom. The molecule has 7 nitrogen and oxygen atoms in total. The van der Waals surface area contributed by atoms with Crippen molar-refractivity contribution in [3.05, 3.63) is 44.0 Å². The summed E-state index contributed by atoms with van der Waals surface area (Å²) < 4.78 is 0. The third-order valence-electron chi connectivity index (χ3n) is 3.37. The van der Waals surface area contributed by atoms with E-state index in [9.17, 15) is 20.2 Å². The molecule has 1 heterocycles. The summed E-state index contributed by atoms with van der Waals surface area (Å²) in [6.07, 6.45) is 8.02. The van der Waals surface area contributed by atoms with E-state index in [1.807, 2.05) is 6.92 Å². The summed E-state index contributed by atoms with van der Waals surface area (Å²) in [7, 11) is 0. The fourth-order valence-electron chi connectivity index (χ4n) is 1.86. The van der Waals surface area contributed by atoms with Crippen LogP contribution in [-0.2, 0) is 0 Å². The Morgan fingerprint density at radius 2 is 1.85 bits per heavy atom. The summed E-state index contributed by atoms with van der Waals surface area (Å²) in [5, 5.41) is 24.8. The van der Waals surface area contributed by atoms with Crippen molar-refractivity contribution in [1.82, 2.24) is 5.32 Å². The predicted octanol–water partition coefficient (Wildman–Crippen LogP) is 2.29. The molecule has 112 valence electrons. The van der Waals surface area contributed by atoms with E-state index in [4.69, 9.17) is 0 Å². The quantitative estimate of drug-likeness (QED) is 0.474. The van der Waals surface area contributed by atoms with Gasteiger partial charge in [-0.25, -0.2) is 0 Å². The van der Waals surface area contributed by atoms with Crippen LogP contribution >= 0.6 is 0 Å². The van der Waals surface area contributed by atoms with Crippen LogP contribution in [0, 0.1) is 20.2 Å². The molecule has 0 saturated carbocycles. The highest BCUT2D eigenvalue weighted by molar-refractivity contribution is 5.22. The van der Waals surface area contributed by atoms with E-state index in [0.29, 0.717) is 6.42 Å². The van der Waals surface area contributed by atoms with Crippen molar-refractivity contribution in [3.63, 3.8) is 0 Å². The number of nitro groups is 2. The van der Waals surface area contributed by atoms with Gasteiger partial charge in [-0.15, -0.1) is 0 Å². The Labute approximate surface area is 118 Å². The van der Waals surface area contributed by atoms with Crippen LogP contribution in [0.2, 0.25) is 0 Å². The van der Waals surface area contributed by atoms with Crippen molar-refractivity contribution in [3.8, 4) is 0 Å². The zero-order valence-corrected chi connectivity index (χ0v) is 11.7. The van der Waals surface area contributed by atoms with Crippen molar-refractivity contribution in [2.75, 3.05) is 13.1 Å². The lowest BCUT2D eigenvalue weighted by atomic mass is 9.92. The van der Waals surface area contributed by atoms with Gasteiger partial charge in [0, 0.05) is 0 Å². The summed E-state index contributed by atoms with van der Waals surface area (Å²) in [6.45, 7) is 4.51. The second kappa shape index (κ2) is 7.74. The highest BCUT2D eigenvalue weighted by Crippen LogP contribution is 2.29. The third-order valence-corrected chi connectivity index (χ3v) is 3.37. The van der Waals surface area contributed by atoms with Gasteiger partial charge >= 0.3 is 5.66 Å². The van der Waals surface area contributed by atoms with Gasteiger partial charge in [-0.1, -0.05) is 31.1 Å². The molecule has 0 radical (unpaired) electrons. The maximum atomic E-state index is 10.8. The molecule has 0 spiro atoms. The first-order valence-corrected chi connectivity index (χ1v) is 6.90. The van der Waals surface area contributed by atoms with Crippen LogP contribution in [0.25, 0.3) is 0 Å². The maximum absolute atomic E-state index is 10.8. The fraction of sp³-hybridized carbons (Fsp3) is 0.692. The van der Waals surface area contributed by atoms with Crippen molar-refractivity contribution >= 4 is 0 Å². The van der Waals surface area contributed by atoms with Crippen LogP contribution in [0.1, 0.15) is 39.0 Å². The minimum atomic E-state index is -2.15. The molecule has 0 aromatic rings. The fourth-order valence-corrected chi connectivity index (χ4v) is 1.86. The summed E-state index contributed by atoms with van der Waals surface area (Å²) in [4.78, 5) is 20.0. The molecule has 0 bridgehead atoms. The van der Waals surface area contributed by atoms with E-state index in [1.54, 1.807) is 6.08 Å². The number of allylic oxidation sites excluding steroid dienone is 2. The minimum Gasteiger partial charge on any atom is -0.317 e. The van der Waals surface area contributed by atoms with E-state index in [0.717, 1.165) is 24.5 Å². The first-order valence-electron chi connectivity index (χ1n) is 6.90. The van der Waals surface area contributed by atoms with Gasteiger partial charge in [0.25, 0.3) is 0 Å². The summed E-state index contributed by atoms with van der Waals surface area (Å²) in [6, 6.07) is 0. The largest absolute Gasteiger partial charge is 0.481 e. The van der Waals surface area contributed by atoms with Crippen LogP contribution in [0.3, 0.4) is 0 Å². The second-order valence-corrected chi connectivity index (χ2v) is 4.96. The van der Waals surface area contributed by atoms with Crippen LogP contribution in [0.15, 0.2) is 23.8 Å². The molecule has 0 unspecified atom stereocenters. The molecule has 1 fully saturated rings. The summed E-state index contributed by atoms with van der Waals surface area (Å²) >= 11 is 0. The van der Waals surface area contributed by atoms with Crippen LogP contribution in [0.5, 0.6) is 0 Å². The van der Waals surface area contributed by atoms with Crippen molar-refractivity contribution in [2.24, 2.45) is 0 Å². The molecule has 2 rings (SSSR count). The van der Waals surface area contributed by atoms with Crippen LogP contribution in [0.4, 0.5) is 0 Å². The number of nitrogens with zero attached hydrogens (tertiary/aromatic N) is 2. The molecule has 1 saturated heterocycles. The van der Waals surface area contributed by atoms with Crippen LogP contribution in [-0.4, -0.2) is 28.6 Å². The van der Waals surface area contributed by atoms with Crippen molar-refractivity contribution < 1.29 is 9.85 Å². The molecule has 7 heteroatoms. The number of hydrogen-bond donors (Lipinski definition) is 1. The molecule has 0 aromatic carbocycles. The number of rotatable bonds is 5. The second-order valence-electron chi connectivity index (χ2n) is 4.96. The van der Waals surface area contributed by atoms with Crippen molar-refractivity contribution in [1.29, 1.82) is 0 Å². The average Bonchev–Trinajstić information content (AvgIpc) is 2.34. The summed E-state index contributed by atoms with van der Waals surface area (Å²) in [5.74, 6) is 0. The van der Waals surface area contributed by atoms with Gasteiger partial charge in [0.05, 0.1) is 6.08 Å². The number of nitrogens with one attached hydrogen (secondary N) is 1.